The first-order valence-corrected chi connectivity index (χ1v) is 3.38. The predicted molar refractivity (Wildman–Crippen MR) is 38.8 cm³/mol. The zero-order chi connectivity index (χ0) is 9.56. The summed E-state index contributed by atoms with van der Waals surface area (Å²) >= 11 is 0. The molecule has 4 N–H and O–H groups in total. The van der Waals surface area contributed by atoms with Gasteiger partial charge in [0.1, 0.15) is 0 Å². The molecule has 1 rings (SSSR count). The van der Waals surface area contributed by atoms with Gasteiger partial charge in [-0.1, -0.05) is 0 Å². The third-order valence-electron chi connectivity index (χ3n) is 1.33. The maximum Gasteiger partial charge on any atom is 0.414 e. The Balaban J connectivity index is 0.000000202. The first-order valence-electron chi connectivity index (χ1n) is 3.38. The van der Waals surface area contributed by atoms with Crippen LogP contribution >= 0.6 is 0 Å². The van der Waals surface area contributed by atoms with Gasteiger partial charge in [-0.25, -0.2) is 9.59 Å². The maximum absolute atomic E-state index is 9.10. The smallest absolute Gasteiger partial charge is 0.414 e. The molecule has 1 aliphatic rings. The normalized spacial score (nSPS) is 19.9. The monoisotopic (exact) mass is 177 g/mol. The molecule has 1 heterocycles. The summed E-state index contributed by atoms with van der Waals surface area (Å²) in [5.74, 6) is -3.65. The Hall–Kier alpha value is -1.14. The lowest BCUT2D eigenvalue weighted by molar-refractivity contribution is -0.159. The van der Waals surface area contributed by atoms with E-state index in [0.717, 1.165) is 13.0 Å². The van der Waals surface area contributed by atoms with E-state index >= 15 is 0 Å². The van der Waals surface area contributed by atoms with E-state index in [4.69, 9.17) is 24.9 Å². The van der Waals surface area contributed by atoms with Crippen LogP contribution in [0, 0.1) is 0 Å². The summed E-state index contributed by atoms with van der Waals surface area (Å²) in [7, 11) is 0. The molecule has 0 aromatic carbocycles. The van der Waals surface area contributed by atoms with Gasteiger partial charge in [0.15, 0.2) is 0 Å². The largest absolute Gasteiger partial charge is 0.473 e. The summed E-state index contributed by atoms with van der Waals surface area (Å²) in [6, 6.07) is 0.421. The van der Waals surface area contributed by atoms with Crippen LogP contribution in [-0.4, -0.2) is 46.5 Å². The number of aliphatic hydroxyl groups excluding tert-OH is 1. The molecule has 70 valence electrons. The summed E-state index contributed by atoms with van der Waals surface area (Å²) in [5, 5.41) is 26.2. The molecule has 1 atom stereocenters. The summed E-state index contributed by atoms with van der Waals surface area (Å²) < 4.78 is 0. The van der Waals surface area contributed by atoms with E-state index in [0.29, 0.717) is 12.6 Å². The minimum absolute atomic E-state index is 0.306. The molecule has 6 heteroatoms. The Bertz CT molecular complexity index is 151. The van der Waals surface area contributed by atoms with E-state index < -0.39 is 11.9 Å². The van der Waals surface area contributed by atoms with E-state index in [2.05, 4.69) is 5.32 Å². The molecular formula is C6H11NO5. The molecule has 12 heavy (non-hydrogen) atoms. The number of rotatable bonds is 1. The van der Waals surface area contributed by atoms with Gasteiger partial charge in [-0.3, -0.25) is 0 Å². The van der Waals surface area contributed by atoms with E-state index in [1.165, 1.54) is 0 Å². The van der Waals surface area contributed by atoms with Crippen LogP contribution in [-0.2, 0) is 9.59 Å². The molecule has 1 fully saturated rings. The maximum atomic E-state index is 9.10. The number of hydrogen-bond donors (Lipinski definition) is 4. The molecular weight excluding hydrogens is 166 g/mol. The van der Waals surface area contributed by atoms with Crippen LogP contribution in [0.3, 0.4) is 0 Å². The van der Waals surface area contributed by atoms with Crippen molar-refractivity contribution in [3.05, 3.63) is 0 Å². The Morgan fingerprint density at radius 3 is 1.75 bits per heavy atom. The highest BCUT2D eigenvalue weighted by atomic mass is 16.4. The Morgan fingerprint density at radius 2 is 1.75 bits per heavy atom. The minimum Gasteiger partial charge on any atom is -0.473 e. The van der Waals surface area contributed by atoms with Gasteiger partial charge >= 0.3 is 11.9 Å². The number of nitrogens with one attached hydrogen (secondary N) is 1. The van der Waals surface area contributed by atoms with Crippen LogP contribution in [0.1, 0.15) is 6.42 Å². The van der Waals surface area contributed by atoms with Crippen molar-refractivity contribution >= 4 is 11.9 Å². The van der Waals surface area contributed by atoms with Crippen LogP contribution in [0.25, 0.3) is 0 Å². The first kappa shape index (κ1) is 10.9. The number of carboxylic acid groups (broad SMARTS) is 2. The van der Waals surface area contributed by atoms with Gasteiger partial charge in [0.05, 0.1) is 6.61 Å². The number of carbonyl (C=O) groups is 2. The third kappa shape index (κ3) is 4.64. The SMILES string of the molecule is O=C(O)C(=O)O.OCC1CCN1. The summed E-state index contributed by atoms with van der Waals surface area (Å²) in [5.41, 5.74) is 0. The van der Waals surface area contributed by atoms with Gasteiger partial charge < -0.3 is 20.6 Å². The average molecular weight is 177 g/mol. The van der Waals surface area contributed by atoms with E-state index in [9.17, 15) is 0 Å². The molecule has 0 spiro atoms. The summed E-state index contributed by atoms with van der Waals surface area (Å²) in [4.78, 5) is 18.2. The van der Waals surface area contributed by atoms with E-state index in [1.54, 1.807) is 0 Å². The topological polar surface area (TPSA) is 107 Å². The number of aliphatic carboxylic acids is 2. The van der Waals surface area contributed by atoms with Gasteiger partial charge in [0.25, 0.3) is 0 Å². The van der Waals surface area contributed by atoms with E-state index in [-0.39, 0.29) is 0 Å². The molecule has 0 aromatic rings. The molecule has 0 aromatic heterocycles. The molecule has 0 bridgehead atoms. The molecule has 0 amide bonds. The number of aliphatic hydroxyl groups is 1. The van der Waals surface area contributed by atoms with Crippen molar-refractivity contribution in [1.82, 2.24) is 5.32 Å². The quantitative estimate of drug-likeness (QED) is 0.363. The second-order valence-electron chi connectivity index (χ2n) is 2.23. The van der Waals surface area contributed by atoms with Gasteiger partial charge in [0.2, 0.25) is 0 Å². The number of carboxylic acids is 2. The van der Waals surface area contributed by atoms with Crippen LogP contribution in [0.15, 0.2) is 0 Å². The molecule has 1 aliphatic heterocycles. The van der Waals surface area contributed by atoms with Crippen LogP contribution in [0.4, 0.5) is 0 Å². The highest BCUT2D eigenvalue weighted by Crippen LogP contribution is 1.97. The predicted octanol–water partition coefficient (Wildman–Crippen LogP) is -1.50. The lowest BCUT2D eigenvalue weighted by Gasteiger charge is -2.24. The minimum atomic E-state index is -1.82. The molecule has 0 radical (unpaired) electrons. The second-order valence-corrected chi connectivity index (χ2v) is 2.23. The Labute approximate surface area is 68.8 Å². The van der Waals surface area contributed by atoms with Crippen molar-refractivity contribution < 1.29 is 24.9 Å². The lowest BCUT2D eigenvalue weighted by atomic mass is 10.1. The Kier molecular flexibility index (Phi) is 4.98. The zero-order valence-corrected chi connectivity index (χ0v) is 6.36. The Morgan fingerprint density at radius 1 is 1.33 bits per heavy atom. The molecule has 6 nitrogen and oxygen atoms in total. The molecule has 1 unspecified atom stereocenters. The fraction of sp³-hybridized carbons (Fsp3) is 0.667. The highest BCUT2D eigenvalue weighted by Gasteiger charge is 2.13. The van der Waals surface area contributed by atoms with Gasteiger partial charge in [-0.2, -0.15) is 0 Å². The highest BCUT2D eigenvalue weighted by molar-refractivity contribution is 6.27. The average Bonchev–Trinajstić information content (AvgIpc) is 1.86. The van der Waals surface area contributed by atoms with E-state index in [1.807, 2.05) is 0 Å². The van der Waals surface area contributed by atoms with Crippen molar-refractivity contribution in [2.75, 3.05) is 13.2 Å². The number of hydrogen-bond acceptors (Lipinski definition) is 4. The van der Waals surface area contributed by atoms with Crippen LogP contribution in [0.5, 0.6) is 0 Å². The second kappa shape index (κ2) is 5.50. The molecule has 0 aliphatic carbocycles. The summed E-state index contributed by atoms with van der Waals surface area (Å²) in [6.45, 7) is 1.39. The first-order chi connectivity index (χ1) is 5.57. The zero-order valence-electron chi connectivity index (χ0n) is 6.36. The van der Waals surface area contributed by atoms with Crippen molar-refractivity contribution in [2.24, 2.45) is 0 Å². The van der Waals surface area contributed by atoms with Gasteiger partial charge in [-0.15, -0.1) is 0 Å². The van der Waals surface area contributed by atoms with Gasteiger partial charge in [0, 0.05) is 6.04 Å². The molecule has 0 saturated carbocycles. The van der Waals surface area contributed by atoms with Crippen LogP contribution in [0.2, 0.25) is 0 Å². The van der Waals surface area contributed by atoms with Gasteiger partial charge in [-0.05, 0) is 13.0 Å². The van der Waals surface area contributed by atoms with Crippen molar-refractivity contribution in [3.63, 3.8) is 0 Å². The molecule has 1 saturated heterocycles. The third-order valence-corrected chi connectivity index (χ3v) is 1.33. The summed E-state index contributed by atoms with van der Waals surface area (Å²) in [6.07, 6.45) is 1.15. The fourth-order valence-corrected chi connectivity index (χ4v) is 0.504. The standard InChI is InChI=1S/C4H9NO.C2H2O4/c6-3-4-1-2-5-4;3-1(4)2(5)6/h4-6H,1-3H2;(H,3,4)(H,5,6). The van der Waals surface area contributed by atoms with Crippen molar-refractivity contribution in [1.29, 1.82) is 0 Å². The van der Waals surface area contributed by atoms with Crippen LogP contribution < -0.4 is 5.32 Å². The van der Waals surface area contributed by atoms with Crippen molar-refractivity contribution in [3.8, 4) is 0 Å². The van der Waals surface area contributed by atoms with Crippen molar-refractivity contribution in [2.45, 2.75) is 12.5 Å². The lowest BCUT2D eigenvalue weighted by Crippen LogP contribution is -2.45. The fourth-order valence-electron chi connectivity index (χ4n) is 0.504.